The number of carbonyl (C=O) groups is 2. The van der Waals surface area contributed by atoms with Gasteiger partial charge in [-0.3, -0.25) is 9.59 Å². The molecule has 0 radical (unpaired) electrons. The third-order valence-electron chi connectivity index (χ3n) is 4.96. The number of nitrogens with one attached hydrogen (secondary N) is 1. The van der Waals surface area contributed by atoms with Crippen LogP contribution in [0.3, 0.4) is 0 Å². The summed E-state index contributed by atoms with van der Waals surface area (Å²) in [5, 5.41) is 3.39. The Kier molecular flexibility index (Phi) is 6.77. The number of nitrogens with zero attached hydrogens (tertiary/aromatic N) is 2. The highest BCUT2D eigenvalue weighted by Crippen LogP contribution is 2.34. The number of hydrogen-bond donors (Lipinski definition) is 1. The monoisotopic (exact) mass is 445 g/mol. The minimum Gasteiger partial charge on any atom is -0.462 e. The summed E-state index contributed by atoms with van der Waals surface area (Å²) in [5.41, 5.74) is 2.45. The molecule has 4 rings (SSSR count). The average molecular weight is 446 g/mol. The van der Waals surface area contributed by atoms with Gasteiger partial charge >= 0.3 is 0 Å². The van der Waals surface area contributed by atoms with Gasteiger partial charge in [-0.15, -0.1) is 11.3 Å². The van der Waals surface area contributed by atoms with Crippen LogP contribution in [0.5, 0.6) is 0 Å². The van der Waals surface area contributed by atoms with E-state index in [1.165, 1.54) is 11.3 Å². The van der Waals surface area contributed by atoms with E-state index < -0.39 is 0 Å². The molecular formula is C25H23N3O3S. The van der Waals surface area contributed by atoms with Crippen LogP contribution in [0.1, 0.15) is 22.2 Å². The Morgan fingerprint density at radius 2 is 1.72 bits per heavy atom. The van der Waals surface area contributed by atoms with Crippen LogP contribution < -0.4 is 5.32 Å². The summed E-state index contributed by atoms with van der Waals surface area (Å²) in [6.07, 6.45) is 1.57. The maximum Gasteiger partial charge on any atom is 0.264 e. The standard InChI is InChI=1S/C25H23N3O3S/c1-2-28(17-18-10-5-3-6-11-18)21(29)16-26-24(30)23-22(19-12-7-4-8-13-19)27-25(32-23)20-14-9-15-31-20/h3-15H,2,16-17H2,1H3,(H,26,30). The van der Waals surface area contributed by atoms with Crippen LogP contribution in [0.25, 0.3) is 22.0 Å². The molecule has 162 valence electrons. The van der Waals surface area contributed by atoms with E-state index in [9.17, 15) is 9.59 Å². The maximum absolute atomic E-state index is 13.1. The molecule has 1 N–H and O–H groups in total. The molecule has 0 bridgehead atoms. The molecule has 0 aliphatic rings. The molecule has 0 spiro atoms. The molecular weight excluding hydrogens is 422 g/mol. The van der Waals surface area contributed by atoms with Crippen molar-refractivity contribution in [3.8, 4) is 22.0 Å². The van der Waals surface area contributed by atoms with Gasteiger partial charge in [0.1, 0.15) is 4.88 Å². The molecule has 2 amide bonds. The molecule has 0 saturated carbocycles. The summed E-state index contributed by atoms with van der Waals surface area (Å²) in [5.74, 6) is 0.132. The molecule has 4 aromatic rings. The minimum absolute atomic E-state index is 0.0816. The van der Waals surface area contributed by atoms with E-state index in [-0.39, 0.29) is 18.4 Å². The molecule has 0 saturated heterocycles. The highest BCUT2D eigenvalue weighted by atomic mass is 32.1. The summed E-state index contributed by atoms with van der Waals surface area (Å²) in [7, 11) is 0. The fraction of sp³-hybridized carbons (Fsp3) is 0.160. The number of furan rings is 1. The Bertz CT molecular complexity index is 1170. The fourth-order valence-electron chi connectivity index (χ4n) is 3.30. The zero-order chi connectivity index (χ0) is 22.3. The van der Waals surface area contributed by atoms with Crippen LogP contribution >= 0.6 is 11.3 Å². The molecule has 0 fully saturated rings. The van der Waals surface area contributed by atoms with Crippen molar-refractivity contribution in [3.63, 3.8) is 0 Å². The number of likely N-dealkylation sites (N-methyl/N-ethyl adjacent to an activating group) is 1. The lowest BCUT2D eigenvalue weighted by Crippen LogP contribution is -2.39. The van der Waals surface area contributed by atoms with E-state index in [2.05, 4.69) is 10.3 Å². The number of amides is 2. The van der Waals surface area contributed by atoms with E-state index in [0.29, 0.717) is 34.4 Å². The van der Waals surface area contributed by atoms with Crippen LogP contribution in [0, 0.1) is 0 Å². The first-order valence-electron chi connectivity index (χ1n) is 10.4. The summed E-state index contributed by atoms with van der Waals surface area (Å²) < 4.78 is 5.46. The first kappa shape index (κ1) is 21.5. The quantitative estimate of drug-likeness (QED) is 0.421. The van der Waals surface area contributed by atoms with Gasteiger partial charge in [-0.25, -0.2) is 4.98 Å². The van der Waals surface area contributed by atoms with E-state index in [0.717, 1.165) is 11.1 Å². The Morgan fingerprint density at radius 3 is 2.38 bits per heavy atom. The number of thiazole rings is 1. The SMILES string of the molecule is CCN(Cc1ccccc1)C(=O)CNC(=O)c1sc(-c2ccco2)nc1-c1ccccc1. The van der Waals surface area contributed by atoms with Crippen LogP contribution in [-0.4, -0.2) is 34.8 Å². The Morgan fingerprint density at radius 1 is 1.00 bits per heavy atom. The van der Waals surface area contributed by atoms with Gasteiger partial charge in [0.15, 0.2) is 10.8 Å². The minimum atomic E-state index is -0.330. The van der Waals surface area contributed by atoms with Gasteiger partial charge in [-0.05, 0) is 24.6 Å². The van der Waals surface area contributed by atoms with Gasteiger partial charge in [0.2, 0.25) is 5.91 Å². The number of aromatic nitrogens is 1. The topological polar surface area (TPSA) is 75.4 Å². The van der Waals surface area contributed by atoms with Crippen molar-refractivity contribution in [2.75, 3.05) is 13.1 Å². The lowest BCUT2D eigenvalue weighted by molar-refractivity contribution is -0.130. The summed E-state index contributed by atoms with van der Waals surface area (Å²) in [6.45, 7) is 2.91. The van der Waals surface area contributed by atoms with Crippen molar-refractivity contribution in [2.24, 2.45) is 0 Å². The fourth-order valence-corrected chi connectivity index (χ4v) is 4.27. The first-order valence-corrected chi connectivity index (χ1v) is 11.2. The highest BCUT2D eigenvalue weighted by Gasteiger charge is 2.22. The molecule has 7 heteroatoms. The van der Waals surface area contributed by atoms with Crippen molar-refractivity contribution in [1.82, 2.24) is 15.2 Å². The highest BCUT2D eigenvalue weighted by molar-refractivity contribution is 7.17. The van der Waals surface area contributed by atoms with Gasteiger partial charge in [-0.1, -0.05) is 60.7 Å². The normalized spacial score (nSPS) is 10.7. The van der Waals surface area contributed by atoms with Crippen molar-refractivity contribution in [1.29, 1.82) is 0 Å². The molecule has 2 aromatic heterocycles. The Balaban J connectivity index is 1.50. The zero-order valence-electron chi connectivity index (χ0n) is 17.7. The van der Waals surface area contributed by atoms with Crippen molar-refractivity contribution in [3.05, 3.63) is 89.5 Å². The average Bonchev–Trinajstić information content (AvgIpc) is 3.52. The molecule has 2 aromatic carbocycles. The zero-order valence-corrected chi connectivity index (χ0v) is 18.5. The molecule has 0 aliphatic heterocycles. The summed E-state index contributed by atoms with van der Waals surface area (Å²) >= 11 is 1.25. The van der Waals surface area contributed by atoms with E-state index >= 15 is 0 Å². The van der Waals surface area contributed by atoms with Gasteiger partial charge in [-0.2, -0.15) is 0 Å². The predicted molar refractivity (Wildman–Crippen MR) is 125 cm³/mol. The molecule has 0 unspecified atom stereocenters. The molecule has 2 heterocycles. The van der Waals surface area contributed by atoms with Crippen LogP contribution in [0.15, 0.2) is 83.5 Å². The molecule has 0 atom stereocenters. The summed E-state index contributed by atoms with van der Waals surface area (Å²) in [4.78, 5) is 32.6. The third-order valence-corrected chi connectivity index (χ3v) is 6.03. The lowest BCUT2D eigenvalue weighted by Gasteiger charge is -2.21. The Labute approximate surface area is 190 Å². The molecule has 0 aliphatic carbocycles. The number of benzene rings is 2. The maximum atomic E-state index is 13.1. The van der Waals surface area contributed by atoms with Gasteiger partial charge in [0, 0.05) is 18.7 Å². The lowest BCUT2D eigenvalue weighted by atomic mass is 10.1. The van der Waals surface area contributed by atoms with Crippen molar-refractivity contribution >= 4 is 23.2 Å². The largest absolute Gasteiger partial charge is 0.462 e. The van der Waals surface area contributed by atoms with Crippen LogP contribution in [0.4, 0.5) is 0 Å². The predicted octanol–water partition coefficient (Wildman–Crippen LogP) is 4.85. The van der Waals surface area contributed by atoms with Crippen molar-refractivity contribution in [2.45, 2.75) is 13.5 Å². The number of carbonyl (C=O) groups excluding carboxylic acids is 2. The van der Waals surface area contributed by atoms with E-state index in [1.807, 2.05) is 73.7 Å². The van der Waals surface area contributed by atoms with E-state index in [4.69, 9.17) is 4.42 Å². The number of hydrogen-bond acceptors (Lipinski definition) is 5. The Hall–Kier alpha value is -3.71. The van der Waals surface area contributed by atoms with Crippen molar-refractivity contribution < 1.29 is 14.0 Å². The van der Waals surface area contributed by atoms with Gasteiger partial charge < -0.3 is 14.6 Å². The molecule has 32 heavy (non-hydrogen) atoms. The van der Waals surface area contributed by atoms with Crippen LogP contribution in [-0.2, 0) is 11.3 Å². The second-order valence-electron chi connectivity index (χ2n) is 7.12. The third kappa shape index (κ3) is 4.95. The second-order valence-corrected chi connectivity index (χ2v) is 8.12. The summed E-state index contributed by atoms with van der Waals surface area (Å²) in [6, 6.07) is 22.9. The van der Waals surface area contributed by atoms with Crippen LogP contribution in [0.2, 0.25) is 0 Å². The second kappa shape index (κ2) is 10.1. The smallest absolute Gasteiger partial charge is 0.264 e. The first-order chi connectivity index (χ1) is 15.7. The van der Waals surface area contributed by atoms with Gasteiger partial charge in [0.05, 0.1) is 18.5 Å². The van der Waals surface area contributed by atoms with E-state index in [1.54, 1.807) is 17.2 Å². The number of rotatable bonds is 8. The molecule has 6 nitrogen and oxygen atoms in total. The van der Waals surface area contributed by atoms with Gasteiger partial charge in [0.25, 0.3) is 5.91 Å².